The zero-order valence-electron chi connectivity index (χ0n) is 14.9. The molecule has 132 valence electrons. The third kappa shape index (κ3) is 3.24. The lowest BCUT2D eigenvalue weighted by Crippen LogP contribution is -2.56. The van der Waals surface area contributed by atoms with Gasteiger partial charge in [-0.1, -0.05) is 54.6 Å². The molecule has 3 heteroatoms. The Morgan fingerprint density at radius 3 is 2.36 bits per heavy atom. The molecule has 0 amide bonds. The number of likely N-dealkylation sites (tertiary alicyclic amines) is 1. The highest BCUT2D eigenvalue weighted by molar-refractivity contribution is 5.37. The normalized spacial score (nSPS) is 20.5. The van der Waals surface area contributed by atoms with Gasteiger partial charge in [-0.2, -0.15) is 0 Å². The van der Waals surface area contributed by atoms with Gasteiger partial charge >= 0.3 is 0 Å². The van der Waals surface area contributed by atoms with Crippen LogP contribution in [0.3, 0.4) is 0 Å². The van der Waals surface area contributed by atoms with Crippen molar-refractivity contribution in [2.75, 3.05) is 32.8 Å². The maximum absolute atomic E-state index is 9.58. The molecule has 4 rings (SSSR count). The number of piperidine rings is 1. The van der Waals surface area contributed by atoms with Gasteiger partial charge in [0.25, 0.3) is 0 Å². The Bertz CT molecular complexity index is 692. The van der Waals surface area contributed by atoms with Crippen LogP contribution in [-0.4, -0.2) is 47.7 Å². The summed E-state index contributed by atoms with van der Waals surface area (Å²) in [5.41, 5.74) is 4.53. The van der Waals surface area contributed by atoms with E-state index in [9.17, 15) is 5.11 Å². The van der Waals surface area contributed by atoms with Crippen LogP contribution in [0.2, 0.25) is 0 Å². The highest BCUT2D eigenvalue weighted by atomic mass is 16.3. The van der Waals surface area contributed by atoms with Crippen molar-refractivity contribution in [1.29, 1.82) is 0 Å². The molecule has 0 unspecified atom stereocenters. The quantitative estimate of drug-likeness (QED) is 0.930. The first kappa shape index (κ1) is 16.8. The molecule has 1 N–H and O–H groups in total. The van der Waals surface area contributed by atoms with Crippen molar-refractivity contribution in [3.8, 4) is 0 Å². The van der Waals surface area contributed by atoms with Gasteiger partial charge in [-0.15, -0.1) is 0 Å². The molecular weight excluding hydrogens is 308 g/mol. The van der Waals surface area contributed by atoms with Crippen LogP contribution in [0.15, 0.2) is 54.6 Å². The van der Waals surface area contributed by atoms with Crippen LogP contribution in [0.1, 0.15) is 29.5 Å². The van der Waals surface area contributed by atoms with Gasteiger partial charge in [-0.3, -0.25) is 9.80 Å². The molecule has 1 fully saturated rings. The summed E-state index contributed by atoms with van der Waals surface area (Å²) in [7, 11) is 0. The molecule has 25 heavy (non-hydrogen) atoms. The van der Waals surface area contributed by atoms with Crippen LogP contribution in [0.25, 0.3) is 0 Å². The van der Waals surface area contributed by atoms with Crippen molar-refractivity contribution < 1.29 is 5.11 Å². The number of aliphatic hydroxyl groups is 1. The van der Waals surface area contributed by atoms with E-state index >= 15 is 0 Å². The number of hydrogen-bond donors (Lipinski definition) is 1. The van der Waals surface area contributed by atoms with Gasteiger partial charge in [0.1, 0.15) is 0 Å². The molecule has 2 aliphatic rings. The van der Waals surface area contributed by atoms with Crippen molar-refractivity contribution in [1.82, 2.24) is 9.80 Å². The van der Waals surface area contributed by atoms with Gasteiger partial charge in [0, 0.05) is 38.3 Å². The topological polar surface area (TPSA) is 26.7 Å². The fraction of sp³-hybridized carbons (Fsp3) is 0.455. The Balaban J connectivity index is 1.54. The van der Waals surface area contributed by atoms with Crippen LogP contribution in [-0.2, 0) is 18.5 Å². The summed E-state index contributed by atoms with van der Waals surface area (Å²) < 4.78 is 0. The van der Waals surface area contributed by atoms with E-state index in [0.717, 1.165) is 52.0 Å². The Kier molecular flexibility index (Phi) is 4.89. The summed E-state index contributed by atoms with van der Waals surface area (Å²) in [4.78, 5) is 5.13. The first-order chi connectivity index (χ1) is 12.3. The predicted molar refractivity (Wildman–Crippen MR) is 101 cm³/mol. The van der Waals surface area contributed by atoms with E-state index in [0.29, 0.717) is 0 Å². The van der Waals surface area contributed by atoms with E-state index in [-0.39, 0.29) is 12.1 Å². The van der Waals surface area contributed by atoms with Gasteiger partial charge in [0.05, 0.1) is 6.61 Å². The molecule has 1 saturated heterocycles. The summed E-state index contributed by atoms with van der Waals surface area (Å²) in [6.45, 7) is 5.37. The number of nitrogens with zero attached hydrogens (tertiary/aromatic N) is 2. The van der Waals surface area contributed by atoms with Crippen molar-refractivity contribution in [2.45, 2.75) is 31.3 Å². The maximum atomic E-state index is 9.58. The minimum atomic E-state index is 0.116. The lowest BCUT2D eigenvalue weighted by Gasteiger charge is -2.52. The largest absolute Gasteiger partial charge is 0.395 e. The second-order valence-corrected chi connectivity index (χ2v) is 7.41. The minimum absolute atomic E-state index is 0.116. The standard InChI is InChI=1S/C22H28N2O/c25-17-16-24-13-10-20-8-4-5-9-21(20)22(24)11-14-23(15-12-22)18-19-6-2-1-3-7-19/h1-9,25H,10-18H2. The zero-order valence-corrected chi connectivity index (χ0v) is 14.9. The van der Waals surface area contributed by atoms with E-state index in [1.165, 1.54) is 16.7 Å². The Hall–Kier alpha value is -1.68. The molecule has 2 aromatic carbocycles. The number of β-amino-alcohol motifs (C(OH)–C–C–N with tert-alkyl or cyclic N) is 1. The molecule has 3 nitrogen and oxygen atoms in total. The average molecular weight is 336 g/mol. The molecule has 2 heterocycles. The molecule has 0 aromatic heterocycles. The smallest absolute Gasteiger partial charge is 0.0558 e. The summed E-state index contributed by atoms with van der Waals surface area (Å²) in [5.74, 6) is 0. The molecule has 2 aliphatic heterocycles. The predicted octanol–water partition coefficient (Wildman–Crippen LogP) is 3.03. The van der Waals surface area contributed by atoms with Crippen LogP contribution in [0.4, 0.5) is 0 Å². The second kappa shape index (κ2) is 7.28. The maximum Gasteiger partial charge on any atom is 0.0558 e. The zero-order chi connectivity index (χ0) is 17.1. The van der Waals surface area contributed by atoms with Gasteiger partial charge in [0.2, 0.25) is 0 Å². The van der Waals surface area contributed by atoms with E-state index < -0.39 is 0 Å². The molecule has 0 aliphatic carbocycles. The van der Waals surface area contributed by atoms with Crippen molar-refractivity contribution in [2.24, 2.45) is 0 Å². The van der Waals surface area contributed by atoms with Crippen LogP contribution < -0.4 is 0 Å². The van der Waals surface area contributed by atoms with E-state index in [1.807, 2.05) is 0 Å². The lowest BCUT2D eigenvalue weighted by molar-refractivity contribution is -0.00250. The summed E-state index contributed by atoms with van der Waals surface area (Å²) in [5, 5.41) is 9.58. The monoisotopic (exact) mass is 336 g/mol. The van der Waals surface area contributed by atoms with Gasteiger partial charge in [-0.25, -0.2) is 0 Å². The molecule has 2 aromatic rings. The number of hydrogen-bond acceptors (Lipinski definition) is 3. The van der Waals surface area contributed by atoms with Crippen LogP contribution in [0.5, 0.6) is 0 Å². The average Bonchev–Trinajstić information content (AvgIpc) is 2.67. The van der Waals surface area contributed by atoms with Crippen molar-refractivity contribution in [3.05, 3.63) is 71.3 Å². The van der Waals surface area contributed by atoms with Crippen molar-refractivity contribution in [3.63, 3.8) is 0 Å². The Morgan fingerprint density at radius 2 is 1.60 bits per heavy atom. The fourth-order valence-corrected chi connectivity index (χ4v) is 4.79. The molecular formula is C22H28N2O. The SMILES string of the molecule is OCCN1CCc2ccccc2C12CCN(Cc1ccccc1)CC2. The number of benzene rings is 2. The van der Waals surface area contributed by atoms with E-state index in [2.05, 4.69) is 64.4 Å². The van der Waals surface area contributed by atoms with E-state index in [4.69, 9.17) is 0 Å². The van der Waals surface area contributed by atoms with Crippen LogP contribution in [0, 0.1) is 0 Å². The second-order valence-electron chi connectivity index (χ2n) is 7.41. The van der Waals surface area contributed by atoms with Gasteiger partial charge < -0.3 is 5.11 Å². The highest BCUT2D eigenvalue weighted by Gasteiger charge is 2.44. The fourth-order valence-electron chi connectivity index (χ4n) is 4.79. The summed E-state index contributed by atoms with van der Waals surface area (Å²) in [6.07, 6.45) is 3.40. The Labute approximate surface area is 150 Å². The first-order valence-electron chi connectivity index (χ1n) is 9.52. The molecule has 0 atom stereocenters. The first-order valence-corrected chi connectivity index (χ1v) is 9.52. The number of rotatable bonds is 4. The molecule has 0 radical (unpaired) electrons. The van der Waals surface area contributed by atoms with Gasteiger partial charge in [0.15, 0.2) is 0 Å². The van der Waals surface area contributed by atoms with Crippen LogP contribution >= 0.6 is 0 Å². The molecule has 0 bridgehead atoms. The summed E-state index contributed by atoms with van der Waals surface area (Å²) >= 11 is 0. The molecule has 0 saturated carbocycles. The Morgan fingerprint density at radius 1 is 0.880 bits per heavy atom. The highest BCUT2D eigenvalue weighted by Crippen LogP contribution is 2.43. The lowest BCUT2D eigenvalue weighted by atomic mass is 9.74. The molecule has 1 spiro atoms. The van der Waals surface area contributed by atoms with E-state index in [1.54, 1.807) is 0 Å². The minimum Gasteiger partial charge on any atom is -0.395 e. The number of fused-ring (bicyclic) bond motifs is 2. The third-order valence-corrected chi connectivity index (χ3v) is 6.08. The third-order valence-electron chi connectivity index (χ3n) is 6.08. The van der Waals surface area contributed by atoms with Crippen molar-refractivity contribution >= 4 is 0 Å². The van der Waals surface area contributed by atoms with Gasteiger partial charge in [-0.05, 0) is 36.0 Å². The number of aliphatic hydroxyl groups excluding tert-OH is 1. The summed E-state index contributed by atoms with van der Waals surface area (Å²) in [6, 6.07) is 19.7.